The molecule has 7 heteroatoms. The number of nitrogens with zero attached hydrogens (tertiary/aromatic N) is 1. The van der Waals surface area contributed by atoms with Crippen LogP contribution in [-0.4, -0.2) is 39.8 Å². The third kappa shape index (κ3) is 2.12. The van der Waals surface area contributed by atoms with Crippen molar-refractivity contribution >= 4 is 28.1 Å². The number of anilines is 2. The van der Waals surface area contributed by atoms with E-state index >= 15 is 0 Å². The van der Waals surface area contributed by atoms with Crippen molar-refractivity contribution in [1.29, 1.82) is 0 Å². The van der Waals surface area contributed by atoms with Gasteiger partial charge in [0.2, 0.25) is 0 Å². The second-order valence-electron chi connectivity index (χ2n) is 4.62. The van der Waals surface area contributed by atoms with Gasteiger partial charge in [-0.1, -0.05) is 0 Å². The minimum absolute atomic E-state index is 0.270. The van der Waals surface area contributed by atoms with Crippen molar-refractivity contribution in [2.45, 2.75) is 6.10 Å². The number of hydrogen-bond donors (Lipinski definition) is 2. The van der Waals surface area contributed by atoms with Crippen molar-refractivity contribution in [3.8, 4) is 0 Å². The van der Waals surface area contributed by atoms with Crippen LogP contribution in [0.5, 0.6) is 0 Å². The Morgan fingerprint density at radius 1 is 1.37 bits per heavy atom. The van der Waals surface area contributed by atoms with Gasteiger partial charge in [0, 0.05) is 46.6 Å². The predicted molar refractivity (Wildman–Crippen MR) is 70.1 cm³/mol. The minimum Gasteiger partial charge on any atom is -0.378 e. The average molecular weight is 284 g/mol. The molecule has 0 spiro atoms. The van der Waals surface area contributed by atoms with Crippen molar-refractivity contribution in [1.82, 2.24) is 0 Å². The normalized spacial score (nSPS) is 23.4. The van der Waals surface area contributed by atoms with Crippen LogP contribution in [-0.2, 0) is 15.6 Å². The number of benzene rings is 1. The molecule has 19 heavy (non-hydrogen) atoms. The fourth-order valence-corrected chi connectivity index (χ4v) is 3.43. The molecule has 0 bridgehead atoms. The van der Waals surface area contributed by atoms with E-state index in [1.807, 2.05) is 4.90 Å². The molecule has 0 aliphatic carbocycles. The maximum Gasteiger partial charge on any atom is 0.257 e. The Kier molecular flexibility index (Phi) is 3.02. The van der Waals surface area contributed by atoms with Gasteiger partial charge in [0.15, 0.2) is 6.10 Å². The van der Waals surface area contributed by atoms with Crippen molar-refractivity contribution in [3.63, 3.8) is 0 Å². The molecule has 2 aliphatic rings. The Balaban J connectivity index is 1.94. The molecule has 0 saturated carbocycles. The second-order valence-corrected chi connectivity index (χ2v) is 6.31. The summed E-state index contributed by atoms with van der Waals surface area (Å²) < 4.78 is 25.4. The van der Waals surface area contributed by atoms with Crippen LogP contribution in [0.1, 0.15) is 11.7 Å². The molecule has 2 N–H and O–H groups in total. The van der Waals surface area contributed by atoms with Crippen LogP contribution in [0.2, 0.25) is 0 Å². The summed E-state index contributed by atoms with van der Waals surface area (Å²) in [4.78, 5) is 13.1. The molecule has 102 valence electrons. The molecule has 2 aliphatic heterocycles. The Bertz CT molecular complexity index is 568. The zero-order chi connectivity index (χ0) is 13.6. The van der Waals surface area contributed by atoms with Gasteiger partial charge in [0.25, 0.3) is 5.91 Å². The number of fused-ring (bicyclic) bond motifs is 1. The minimum atomic E-state index is -1.30. The molecule has 1 unspecified atom stereocenters. The van der Waals surface area contributed by atoms with Gasteiger partial charge in [0.1, 0.15) is 5.82 Å². The topological polar surface area (TPSA) is 69.6 Å². The van der Waals surface area contributed by atoms with Crippen LogP contribution in [0.25, 0.3) is 0 Å². The van der Waals surface area contributed by atoms with E-state index in [-0.39, 0.29) is 5.56 Å². The molecule has 0 radical (unpaired) electrons. The Morgan fingerprint density at radius 2 is 2.05 bits per heavy atom. The van der Waals surface area contributed by atoms with E-state index in [0.717, 1.165) is 0 Å². The van der Waals surface area contributed by atoms with Gasteiger partial charge in [-0.15, -0.1) is 0 Å². The van der Waals surface area contributed by atoms with Gasteiger partial charge in [-0.25, -0.2) is 4.39 Å². The van der Waals surface area contributed by atoms with Gasteiger partial charge in [0.05, 0.1) is 5.69 Å². The van der Waals surface area contributed by atoms with E-state index < -0.39 is 28.6 Å². The highest BCUT2D eigenvalue weighted by Crippen LogP contribution is 2.36. The molecule has 3 rings (SSSR count). The number of carbonyl (C=O) groups is 1. The molecule has 1 atom stereocenters. The SMILES string of the molecule is O=C1Nc2cc(N3CCS(=O)CC3)c(F)cc2C1O. The average Bonchev–Trinajstić information content (AvgIpc) is 2.66. The zero-order valence-corrected chi connectivity index (χ0v) is 10.9. The van der Waals surface area contributed by atoms with Crippen molar-refractivity contribution in [2.75, 3.05) is 34.8 Å². The molecular weight excluding hydrogens is 271 g/mol. The number of amides is 1. The van der Waals surface area contributed by atoms with Crippen LogP contribution in [0, 0.1) is 5.82 Å². The lowest BCUT2D eigenvalue weighted by Crippen LogP contribution is -2.38. The molecule has 2 heterocycles. The van der Waals surface area contributed by atoms with Gasteiger partial charge < -0.3 is 15.3 Å². The highest BCUT2D eigenvalue weighted by atomic mass is 32.2. The molecule has 1 saturated heterocycles. The quantitative estimate of drug-likeness (QED) is 0.782. The number of aliphatic hydroxyl groups excluding tert-OH is 1. The summed E-state index contributed by atoms with van der Waals surface area (Å²) in [5, 5.41) is 12.1. The van der Waals surface area contributed by atoms with Crippen LogP contribution in [0.15, 0.2) is 12.1 Å². The third-order valence-electron chi connectivity index (χ3n) is 3.44. The monoisotopic (exact) mass is 284 g/mol. The summed E-state index contributed by atoms with van der Waals surface area (Å²) in [6, 6.07) is 2.73. The number of rotatable bonds is 1. The van der Waals surface area contributed by atoms with Crippen molar-refractivity contribution in [3.05, 3.63) is 23.5 Å². The van der Waals surface area contributed by atoms with Gasteiger partial charge in [-0.05, 0) is 12.1 Å². The number of carbonyl (C=O) groups excluding carboxylic acids is 1. The van der Waals surface area contributed by atoms with Crippen LogP contribution in [0.3, 0.4) is 0 Å². The fourth-order valence-electron chi connectivity index (χ4n) is 2.38. The molecular formula is C12H13FN2O3S. The summed E-state index contributed by atoms with van der Waals surface area (Å²) in [7, 11) is -0.826. The van der Waals surface area contributed by atoms with Crippen LogP contribution in [0.4, 0.5) is 15.8 Å². The third-order valence-corrected chi connectivity index (χ3v) is 4.71. The molecule has 1 aromatic rings. The standard InChI is InChI=1S/C12H13FN2O3S/c13-8-5-7-9(14-12(17)11(7)16)6-10(8)15-1-3-19(18)4-2-15/h5-6,11,16H,1-4H2,(H,14,17). The Hall–Kier alpha value is -1.47. The Labute approximate surface area is 111 Å². The lowest BCUT2D eigenvalue weighted by atomic mass is 10.1. The maximum absolute atomic E-state index is 14.1. The highest BCUT2D eigenvalue weighted by Gasteiger charge is 2.31. The summed E-state index contributed by atoms with van der Waals surface area (Å²) in [5.41, 5.74) is 1.09. The van der Waals surface area contributed by atoms with Crippen molar-refractivity contribution < 1.29 is 18.5 Å². The first-order valence-electron chi connectivity index (χ1n) is 5.98. The number of nitrogens with one attached hydrogen (secondary N) is 1. The van der Waals surface area contributed by atoms with Gasteiger partial charge >= 0.3 is 0 Å². The van der Waals surface area contributed by atoms with E-state index in [4.69, 9.17) is 0 Å². The van der Waals surface area contributed by atoms with Crippen LogP contribution < -0.4 is 10.2 Å². The van der Waals surface area contributed by atoms with Gasteiger partial charge in [-0.3, -0.25) is 9.00 Å². The number of hydrogen-bond acceptors (Lipinski definition) is 4. The summed E-state index contributed by atoms with van der Waals surface area (Å²) in [6.45, 7) is 1.05. The van der Waals surface area contributed by atoms with Gasteiger partial charge in [-0.2, -0.15) is 0 Å². The smallest absolute Gasteiger partial charge is 0.257 e. The molecule has 1 aromatic carbocycles. The van der Waals surface area contributed by atoms with E-state index in [1.54, 1.807) is 0 Å². The number of aliphatic hydroxyl groups is 1. The summed E-state index contributed by atoms with van der Waals surface area (Å²) >= 11 is 0. The van der Waals surface area contributed by atoms with E-state index in [1.165, 1.54) is 12.1 Å². The largest absolute Gasteiger partial charge is 0.378 e. The first-order valence-corrected chi connectivity index (χ1v) is 7.47. The lowest BCUT2D eigenvalue weighted by Gasteiger charge is -2.29. The lowest BCUT2D eigenvalue weighted by molar-refractivity contribution is -0.123. The zero-order valence-electron chi connectivity index (χ0n) is 10.1. The molecule has 1 amide bonds. The summed E-state index contributed by atoms with van der Waals surface area (Å²) in [6.07, 6.45) is -1.30. The van der Waals surface area contributed by atoms with Crippen molar-refractivity contribution in [2.24, 2.45) is 0 Å². The summed E-state index contributed by atoms with van der Waals surface area (Å²) in [5.74, 6) is 0.0325. The molecule has 5 nitrogen and oxygen atoms in total. The Morgan fingerprint density at radius 3 is 2.74 bits per heavy atom. The number of halogens is 1. The first-order chi connectivity index (χ1) is 9.06. The van der Waals surface area contributed by atoms with E-state index in [2.05, 4.69) is 5.32 Å². The first kappa shape index (κ1) is 12.6. The maximum atomic E-state index is 14.1. The van der Waals surface area contributed by atoms with E-state index in [9.17, 15) is 18.5 Å². The predicted octanol–water partition coefficient (Wildman–Crippen LogP) is 0.380. The van der Waals surface area contributed by atoms with Crippen LogP contribution >= 0.6 is 0 Å². The fraction of sp³-hybridized carbons (Fsp3) is 0.417. The second kappa shape index (κ2) is 4.57. The molecule has 1 fully saturated rings. The van der Waals surface area contributed by atoms with E-state index in [0.29, 0.717) is 36.0 Å². The highest BCUT2D eigenvalue weighted by molar-refractivity contribution is 7.85. The molecule has 0 aromatic heterocycles.